The summed E-state index contributed by atoms with van der Waals surface area (Å²) in [6.07, 6.45) is -2.39. The normalized spacial score (nSPS) is 30.0. The van der Waals surface area contributed by atoms with E-state index in [1.165, 1.54) is 11.7 Å². The van der Waals surface area contributed by atoms with Crippen molar-refractivity contribution in [3.8, 4) is 0 Å². The molecule has 4 atom stereocenters. The molecule has 4 unspecified atom stereocenters. The topological polar surface area (TPSA) is 93.3 Å². The molecule has 2 fully saturated rings. The molecule has 1 aromatic heterocycles. The van der Waals surface area contributed by atoms with Crippen molar-refractivity contribution in [2.45, 2.75) is 63.3 Å². The Labute approximate surface area is 171 Å². The maximum absolute atomic E-state index is 15.7. The molecule has 3 N–H and O–H groups in total. The van der Waals surface area contributed by atoms with Gasteiger partial charge in [-0.1, -0.05) is 13.3 Å². The van der Waals surface area contributed by atoms with Gasteiger partial charge >= 0.3 is 5.69 Å². The average molecular weight is 428 g/mol. The quantitative estimate of drug-likeness (QED) is 0.679. The van der Waals surface area contributed by atoms with Crippen LogP contribution < -0.4 is 27.6 Å². The first-order valence-electron chi connectivity index (χ1n) is 10.4. The van der Waals surface area contributed by atoms with E-state index in [2.05, 4.69) is 4.98 Å². The van der Waals surface area contributed by atoms with Crippen LogP contribution >= 0.6 is 0 Å². The number of piperidine rings is 1. The lowest BCUT2D eigenvalue weighted by atomic mass is 9.86. The molecule has 0 spiro atoms. The van der Waals surface area contributed by atoms with E-state index in [-0.39, 0.29) is 29.1 Å². The first kappa shape index (κ1) is 21.2. The summed E-state index contributed by atoms with van der Waals surface area (Å²) in [6.45, 7) is 2.82. The van der Waals surface area contributed by atoms with E-state index in [1.807, 2.05) is 6.92 Å². The minimum atomic E-state index is -3.19. The lowest BCUT2D eigenvalue weighted by Crippen LogP contribution is -2.64. The second-order valence-electron chi connectivity index (χ2n) is 8.37. The van der Waals surface area contributed by atoms with Crippen molar-refractivity contribution < 1.29 is 17.9 Å². The summed E-state index contributed by atoms with van der Waals surface area (Å²) >= 11 is 0. The van der Waals surface area contributed by atoms with Gasteiger partial charge in [0.15, 0.2) is 6.17 Å². The summed E-state index contributed by atoms with van der Waals surface area (Å²) in [5.41, 5.74) is 3.67. The molecule has 3 aliphatic rings. The van der Waals surface area contributed by atoms with Gasteiger partial charge in [-0.25, -0.2) is 18.0 Å². The Hall–Kier alpha value is -2.07. The van der Waals surface area contributed by atoms with Crippen LogP contribution in [0, 0.1) is 5.92 Å². The molecular formula is C20H27F3N4O3. The van der Waals surface area contributed by atoms with E-state index in [9.17, 15) is 18.4 Å². The number of alkyl halides is 3. The number of rotatable bonds is 5. The lowest BCUT2D eigenvalue weighted by molar-refractivity contribution is 0.0792. The van der Waals surface area contributed by atoms with Gasteiger partial charge in [-0.15, -0.1) is 0 Å². The summed E-state index contributed by atoms with van der Waals surface area (Å²) in [6, 6.07) is -1.62. The molecule has 166 valence electrons. The van der Waals surface area contributed by atoms with Crippen molar-refractivity contribution >= 4 is 11.3 Å². The minimum absolute atomic E-state index is 0.0193. The highest BCUT2D eigenvalue weighted by Gasteiger charge is 2.45. The van der Waals surface area contributed by atoms with Gasteiger partial charge in [0.05, 0.1) is 17.7 Å². The van der Waals surface area contributed by atoms with Crippen molar-refractivity contribution in [2.24, 2.45) is 11.7 Å². The summed E-state index contributed by atoms with van der Waals surface area (Å²) in [4.78, 5) is 28.9. The fourth-order valence-electron chi connectivity index (χ4n) is 4.94. The molecule has 2 heterocycles. The fraction of sp³-hybridized carbons (Fsp3) is 0.700. The molecule has 10 heteroatoms. The third-order valence-electron chi connectivity index (χ3n) is 6.63. The van der Waals surface area contributed by atoms with Gasteiger partial charge < -0.3 is 10.5 Å². The van der Waals surface area contributed by atoms with Crippen LogP contribution in [0.2, 0.25) is 0 Å². The van der Waals surface area contributed by atoms with Crippen LogP contribution in [-0.4, -0.2) is 59.3 Å². The van der Waals surface area contributed by atoms with Crippen LogP contribution in [0.5, 0.6) is 0 Å². The monoisotopic (exact) mass is 428 g/mol. The molecule has 0 aromatic carbocycles. The maximum atomic E-state index is 15.7. The highest BCUT2D eigenvalue weighted by atomic mass is 19.3. The molecule has 7 nitrogen and oxygen atoms in total. The lowest BCUT2D eigenvalue weighted by Gasteiger charge is -2.43. The SMILES string of the molecule is CCC1CCN(C2C(OC)=c3c(c(=O)[nH]c(=O)n3C3CC3)=C(C(F)F)C2F)CC1N. The molecule has 0 amide bonds. The number of fused-ring (bicyclic) bond motifs is 1. The van der Waals surface area contributed by atoms with Crippen molar-refractivity contribution in [3.63, 3.8) is 0 Å². The number of methoxy groups -OCH3 is 1. The molecule has 1 saturated heterocycles. The van der Waals surface area contributed by atoms with E-state index < -0.39 is 40.7 Å². The highest BCUT2D eigenvalue weighted by molar-refractivity contribution is 5.63. The summed E-state index contributed by atoms with van der Waals surface area (Å²) in [7, 11) is 1.31. The van der Waals surface area contributed by atoms with Gasteiger partial charge in [-0.3, -0.25) is 19.2 Å². The van der Waals surface area contributed by atoms with Crippen LogP contribution in [0.1, 0.15) is 38.6 Å². The maximum Gasteiger partial charge on any atom is 0.329 e. The van der Waals surface area contributed by atoms with Gasteiger partial charge in [0.1, 0.15) is 11.8 Å². The minimum Gasteiger partial charge on any atom is -0.497 e. The van der Waals surface area contributed by atoms with Crippen LogP contribution in [0.3, 0.4) is 0 Å². The summed E-state index contributed by atoms with van der Waals surface area (Å²) < 4.78 is 50.5. The number of aromatic amines is 1. The number of nitrogens with zero attached hydrogens (tertiary/aromatic N) is 2. The molecule has 0 radical (unpaired) electrons. The summed E-state index contributed by atoms with van der Waals surface area (Å²) in [5, 5.41) is -0.501. The van der Waals surface area contributed by atoms with Crippen molar-refractivity contribution in [1.29, 1.82) is 0 Å². The number of hydrogen-bond acceptors (Lipinski definition) is 5. The Balaban J connectivity index is 2.00. The highest BCUT2D eigenvalue weighted by Crippen LogP contribution is 2.34. The van der Waals surface area contributed by atoms with Crippen LogP contribution in [0.15, 0.2) is 9.59 Å². The number of nitrogens with two attached hydrogens (primary N) is 1. The van der Waals surface area contributed by atoms with Crippen molar-refractivity contribution in [3.05, 3.63) is 31.4 Å². The predicted octanol–water partition coefficient (Wildman–Crippen LogP) is -0.179. The molecule has 1 aliphatic heterocycles. The second kappa shape index (κ2) is 7.88. The number of hydrogen-bond donors (Lipinski definition) is 2. The summed E-state index contributed by atoms with van der Waals surface area (Å²) in [5.74, 6) is 0.311. The smallest absolute Gasteiger partial charge is 0.329 e. The number of aromatic nitrogens is 2. The van der Waals surface area contributed by atoms with E-state index in [1.54, 1.807) is 4.90 Å². The van der Waals surface area contributed by atoms with E-state index in [0.29, 0.717) is 32.4 Å². The molecule has 1 saturated carbocycles. The molecule has 4 rings (SSSR count). The molecular weight excluding hydrogens is 401 g/mol. The van der Waals surface area contributed by atoms with Gasteiger partial charge in [0.25, 0.3) is 12.0 Å². The van der Waals surface area contributed by atoms with Crippen LogP contribution in [-0.2, 0) is 4.74 Å². The second-order valence-corrected chi connectivity index (χ2v) is 8.37. The number of H-pyrrole nitrogens is 1. The average Bonchev–Trinajstić information content (AvgIpc) is 3.52. The Morgan fingerprint density at radius 1 is 1.27 bits per heavy atom. The number of ether oxygens (including phenoxy) is 1. The van der Waals surface area contributed by atoms with Crippen molar-refractivity contribution in [2.75, 3.05) is 20.2 Å². The zero-order valence-corrected chi connectivity index (χ0v) is 17.0. The Bertz CT molecular complexity index is 1060. The Kier molecular flexibility index (Phi) is 5.56. The number of halogens is 3. The first-order chi connectivity index (χ1) is 14.3. The van der Waals surface area contributed by atoms with Crippen LogP contribution in [0.25, 0.3) is 11.3 Å². The molecule has 30 heavy (non-hydrogen) atoms. The van der Waals surface area contributed by atoms with E-state index in [4.69, 9.17) is 10.5 Å². The van der Waals surface area contributed by atoms with Gasteiger partial charge in [0.2, 0.25) is 0 Å². The standard InChI is InChI=1S/C20H27F3N4O3/c1-3-9-6-7-26(8-11(9)24)16-14(21)12(18(22)23)13-15(17(16)30-2)27(10-4-5-10)20(29)25-19(13)28/h9-11,14,16,18H,3-8,24H2,1-2H3,(H,25,28,29). The van der Waals surface area contributed by atoms with E-state index >= 15 is 4.39 Å². The fourth-order valence-corrected chi connectivity index (χ4v) is 4.94. The Morgan fingerprint density at radius 3 is 2.50 bits per heavy atom. The third-order valence-corrected chi connectivity index (χ3v) is 6.63. The third kappa shape index (κ3) is 3.30. The van der Waals surface area contributed by atoms with Gasteiger partial charge in [0, 0.05) is 24.2 Å². The largest absolute Gasteiger partial charge is 0.497 e. The zero-order chi connectivity index (χ0) is 21.7. The predicted molar refractivity (Wildman–Crippen MR) is 105 cm³/mol. The van der Waals surface area contributed by atoms with Gasteiger partial charge in [-0.05, 0) is 31.7 Å². The molecule has 1 aromatic rings. The molecule has 2 aliphatic carbocycles. The number of likely N-dealkylation sites (tertiary alicyclic amines) is 1. The van der Waals surface area contributed by atoms with Gasteiger partial charge in [-0.2, -0.15) is 0 Å². The zero-order valence-electron chi connectivity index (χ0n) is 17.0. The van der Waals surface area contributed by atoms with E-state index in [0.717, 1.165) is 6.42 Å². The number of nitrogens with one attached hydrogen (secondary N) is 1. The van der Waals surface area contributed by atoms with Crippen molar-refractivity contribution in [1.82, 2.24) is 14.5 Å². The molecule has 0 bridgehead atoms. The Morgan fingerprint density at radius 2 is 1.97 bits per heavy atom. The first-order valence-corrected chi connectivity index (χ1v) is 10.4. The van der Waals surface area contributed by atoms with Crippen LogP contribution in [0.4, 0.5) is 13.2 Å².